The predicted octanol–water partition coefficient (Wildman–Crippen LogP) is 5.89. The number of hydrogen-bond acceptors (Lipinski definition) is 3. The van der Waals surface area contributed by atoms with Crippen molar-refractivity contribution in [2.75, 3.05) is 0 Å². The van der Waals surface area contributed by atoms with Crippen LogP contribution in [0, 0.1) is 5.82 Å². The molecule has 0 amide bonds. The first kappa shape index (κ1) is 14.6. The highest BCUT2D eigenvalue weighted by Gasteiger charge is 2.07. The van der Waals surface area contributed by atoms with Gasteiger partial charge in [-0.15, -0.1) is 11.3 Å². The smallest absolute Gasteiger partial charge is 0.150 e. The van der Waals surface area contributed by atoms with Crippen LogP contribution in [-0.4, -0.2) is 4.98 Å². The molecule has 0 unspecified atom stereocenters. The van der Waals surface area contributed by atoms with Gasteiger partial charge in [-0.1, -0.05) is 41.6 Å². The Bertz CT molecular complexity index is 740. The van der Waals surface area contributed by atoms with Crippen molar-refractivity contribution in [3.63, 3.8) is 0 Å². The first-order valence-corrected chi connectivity index (χ1v) is 8.54. The van der Waals surface area contributed by atoms with E-state index in [1.807, 2.05) is 29.6 Å². The van der Waals surface area contributed by atoms with Crippen LogP contribution in [0.2, 0.25) is 5.02 Å². The van der Waals surface area contributed by atoms with Crippen molar-refractivity contribution in [2.24, 2.45) is 0 Å². The number of aromatic nitrogens is 1. The van der Waals surface area contributed by atoms with Crippen molar-refractivity contribution < 1.29 is 4.39 Å². The van der Waals surface area contributed by atoms with E-state index in [4.69, 9.17) is 11.6 Å². The molecule has 1 aromatic heterocycles. The summed E-state index contributed by atoms with van der Waals surface area (Å²) in [5, 5.41) is 2.77. The van der Waals surface area contributed by atoms with Gasteiger partial charge in [0.25, 0.3) is 0 Å². The van der Waals surface area contributed by atoms with E-state index >= 15 is 0 Å². The normalized spacial score (nSPS) is 10.8. The Labute approximate surface area is 135 Å². The Morgan fingerprint density at radius 2 is 1.86 bits per heavy atom. The maximum Gasteiger partial charge on any atom is 0.150 e. The van der Waals surface area contributed by atoms with Gasteiger partial charge in [0, 0.05) is 21.7 Å². The molecule has 2 aromatic carbocycles. The van der Waals surface area contributed by atoms with Gasteiger partial charge in [-0.3, -0.25) is 0 Å². The fourth-order valence-electron chi connectivity index (χ4n) is 1.83. The van der Waals surface area contributed by atoms with Crippen molar-refractivity contribution >= 4 is 34.7 Å². The molecule has 0 aliphatic heterocycles. The van der Waals surface area contributed by atoms with Gasteiger partial charge >= 0.3 is 0 Å². The van der Waals surface area contributed by atoms with Crippen molar-refractivity contribution in [1.82, 2.24) is 4.98 Å². The molecule has 0 fully saturated rings. The number of halogens is 2. The number of thiazole rings is 1. The monoisotopic (exact) mass is 335 g/mol. The Morgan fingerprint density at radius 3 is 2.62 bits per heavy atom. The lowest BCUT2D eigenvalue weighted by molar-refractivity contribution is 0.628. The predicted molar refractivity (Wildman–Crippen MR) is 88.5 cm³/mol. The van der Waals surface area contributed by atoms with Crippen LogP contribution in [0.3, 0.4) is 0 Å². The fraction of sp³-hybridized carbons (Fsp3) is 0.0625. The van der Waals surface area contributed by atoms with E-state index in [0.717, 1.165) is 31.9 Å². The summed E-state index contributed by atoms with van der Waals surface area (Å²) in [5.74, 6) is 0.554. The van der Waals surface area contributed by atoms with Crippen LogP contribution in [0.5, 0.6) is 0 Å². The third-order valence-corrected chi connectivity index (χ3v) is 5.37. The number of rotatable bonds is 4. The molecular weight excluding hydrogens is 325 g/mol. The minimum Gasteiger partial charge on any atom is -0.230 e. The molecule has 0 aliphatic carbocycles. The third kappa shape index (κ3) is 3.64. The molecule has 1 nitrogen and oxygen atoms in total. The molecule has 1 heterocycles. The van der Waals surface area contributed by atoms with Crippen molar-refractivity contribution in [3.8, 4) is 11.3 Å². The van der Waals surface area contributed by atoms with Crippen LogP contribution < -0.4 is 0 Å². The van der Waals surface area contributed by atoms with Gasteiger partial charge in [0.1, 0.15) is 5.82 Å². The highest BCUT2D eigenvalue weighted by Crippen LogP contribution is 2.31. The fourth-order valence-corrected chi connectivity index (χ4v) is 3.95. The summed E-state index contributed by atoms with van der Waals surface area (Å²) in [6.45, 7) is 0. The van der Waals surface area contributed by atoms with Gasteiger partial charge in [-0.25, -0.2) is 9.37 Å². The standard InChI is InChI=1S/C16H11ClFNS2/c17-14-4-2-1-3-12(14)9-20-16-19-15(10-21-16)11-5-7-13(18)8-6-11/h1-8,10H,9H2. The quantitative estimate of drug-likeness (QED) is 0.551. The zero-order valence-corrected chi connectivity index (χ0v) is 13.3. The molecule has 0 spiro atoms. The summed E-state index contributed by atoms with van der Waals surface area (Å²) in [4.78, 5) is 4.57. The van der Waals surface area contributed by atoms with Gasteiger partial charge in [0.05, 0.1) is 5.69 Å². The van der Waals surface area contributed by atoms with Crippen molar-refractivity contribution in [2.45, 2.75) is 10.1 Å². The molecule has 0 N–H and O–H groups in total. The van der Waals surface area contributed by atoms with E-state index < -0.39 is 0 Å². The minimum atomic E-state index is -0.234. The second-order valence-corrected chi connectivity index (χ2v) is 6.87. The summed E-state index contributed by atoms with van der Waals surface area (Å²) in [5.41, 5.74) is 2.90. The topological polar surface area (TPSA) is 12.9 Å². The molecule has 106 valence electrons. The molecule has 0 bridgehead atoms. The van der Waals surface area contributed by atoms with Gasteiger partial charge < -0.3 is 0 Å². The van der Waals surface area contributed by atoms with Crippen LogP contribution in [-0.2, 0) is 5.75 Å². The van der Waals surface area contributed by atoms with E-state index in [1.165, 1.54) is 12.1 Å². The molecule has 5 heteroatoms. The molecule has 0 saturated carbocycles. The third-order valence-electron chi connectivity index (χ3n) is 2.93. The van der Waals surface area contributed by atoms with Gasteiger partial charge in [0.15, 0.2) is 4.34 Å². The number of hydrogen-bond donors (Lipinski definition) is 0. The average molecular weight is 336 g/mol. The van der Waals surface area contributed by atoms with Crippen LogP contribution in [0.25, 0.3) is 11.3 Å². The van der Waals surface area contributed by atoms with Gasteiger partial charge in [-0.2, -0.15) is 0 Å². The Morgan fingerprint density at radius 1 is 1.10 bits per heavy atom. The SMILES string of the molecule is Fc1ccc(-c2csc(SCc3ccccc3Cl)n2)cc1. The first-order chi connectivity index (χ1) is 10.2. The van der Waals surface area contributed by atoms with Crippen LogP contribution in [0.4, 0.5) is 4.39 Å². The molecular formula is C16H11ClFNS2. The molecule has 0 atom stereocenters. The maximum atomic E-state index is 12.9. The summed E-state index contributed by atoms with van der Waals surface area (Å²) in [6, 6.07) is 14.2. The summed E-state index contributed by atoms with van der Waals surface area (Å²) >= 11 is 9.38. The molecule has 21 heavy (non-hydrogen) atoms. The lowest BCUT2D eigenvalue weighted by atomic mass is 10.2. The van der Waals surface area contributed by atoms with Crippen molar-refractivity contribution in [1.29, 1.82) is 0 Å². The summed E-state index contributed by atoms with van der Waals surface area (Å²) < 4.78 is 13.9. The van der Waals surface area contributed by atoms with Crippen molar-refractivity contribution in [3.05, 3.63) is 70.3 Å². The second kappa shape index (κ2) is 6.60. The lowest BCUT2D eigenvalue weighted by Gasteiger charge is -2.01. The average Bonchev–Trinajstić information content (AvgIpc) is 2.96. The Balaban J connectivity index is 1.71. The minimum absolute atomic E-state index is 0.234. The molecule has 3 aromatic rings. The van der Waals surface area contributed by atoms with E-state index in [9.17, 15) is 4.39 Å². The summed E-state index contributed by atoms with van der Waals surface area (Å²) in [6.07, 6.45) is 0. The molecule has 3 rings (SSSR count). The highest BCUT2D eigenvalue weighted by atomic mass is 35.5. The molecule has 0 radical (unpaired) electrons. The Kier molecular flexibility index (Phi) is 4.58. The van der Waals surface area contributed by atoms with Gasteiger partial charge in [0.2, 0.25) is 0 Å². The van der Waals surface area contributed by atoms with Crippen LogP contribution in [0.1, 0.15) is 5.56 Å². The summed E-state index contributed by atoms with van der Waals surface area (Å²) in [7, 11) is 0. The van der Waals surface area contributed by atoms with Crippen LogP contribution in [0.15, 0.2) is 58.3 Å². The number of thioether (sulfide) groups is 1. The van der Waals surface area contributed by atoms with E-state index in [1.54, 1.807) is 35.2 Å². The highest BCUT2D eigenvalue weighted by molar-refractivity contribution is 8.00. The Hall–Kier alpha value is -1.36. The zero-order chi connectivity index (χ0) is 14.7. The largest absolute Gasteiger partial charge is 0.230 e. The first-order valence-electron chi connectivity index (χ1n) is 6.30. The number of benzene rings is 2. The van der Waals surface area contributed by atoms with Crippen LogP contribution >= 0.6 is 34.7 Å². The number of nitrogens with zero attached hydrogens (tertiary/aromatic N) is 1. The zero-order valence-electron chi connectivity index (χ0n) is 10.9. The maximum absolute atomic E-state index is 12.9. The van der Waals surface area contributed by atoms with E-state index in [2.05, 4.69) is 4.98 Å². The van der Waals surface area contributed by atoms with E-state index in [0.29, 0.717) is 0 Å². The second-order valence-electron chi connectivity index (χ2n) is 4.39. The van der Waals surface area contributed by atoms with Gasteiger partial charge in [-0.05, 0) is 35.9 Å². The van der Waals surface area contributed by atoms with E-state index in [-0.39, 0.29) is 5.82 Å². The molecule has 0 aliphatic rings. The molecule has 0 saturated heterocycles. The lowest BCUT2D eigenvalue weighted by Crippen LogP contribution is -1.82.